The maximum absolute atomic E-state index is 9.55. The summed E-state index contributed by atoms with van der Waals surface area (Å²) in [7, 11) is 0. The predicted molar refractivity (Wildman–Crippen MR) is 124 cm³/mol. The van der Waals surface area contributed by atoms with Crippen LogP contribution in [0.4, 0.5) is 0 Å². The van der Waals surface area contributed by atoms with Gasteiger partial charge in [0.2, 0.25) is 0 Å². The molecular weight excluding hydrogens is 378 g/mol. The fourth-order valence-corrected chi connectivity index (χ4v) is 5.24. The molecule has 0 aliphatic carbocycles. The van der Waals surface area contributed by atoms with Crippen LogP contribution in [0.25, 0.3) is 0 Å². The Morgan fingerprint density at radius 3 is 2.16 bits per heavy atom. The van der Waals surface area contributed by atoms with Gasteiger partial charge in [0, 0.05) is 31.6 Å². The maximum atomic E-state index is 9.55. The summed E-state index contributed by atoms with van der Waals surface area (Å²) < 4.78 is 0. The van der Waals surface area contributed by atoms with Crippen LogP contribution in [-0.4, -0.2) is 35.0 Å². The number of piperazine rings is 1. The molecule has 2 atom stereocenters. The van der Waals surface area contributed by atoms with Crippen LogP contribution < -0.4 is 0 Å². The Morgan fingerprint density at radius 2 is 1.48 bits per heavy atom. The van der Waals surface area contributed by atoms with Gasteiger partial charge in [0.15, 0.2) is 0 Å². The van der Waals surface area contributed by atoms with Crippen molar-refractivity contribution < 1.29 is 0 Å². The van der Waals surface area contributed by atoms with E-state index in [1.54, 1.807) is 0 Å². The van der Waals surface area contributed by atoms with Gasteiger partial charge >= 0.3 is 0 Å². The topological polar surface area (TPSA) is 30.3 Å². The van der Waals surface area contributed by atoms with Gasteiger partial charge in [0.05, 0.1) is 17.7 Å². The number of benzene rings is 3. The molecule has 2 aliphatic heterocycles. The molecular formula is C28H27N3. The molecule has 0 spiro atoms. The van der Waals surface area contributed by atoms with Crippen molar-refractivity contribution in [1.29, 1.82) is 5.26 Å². The van der Waals surface area contributed by atoms with Gasteiger partial charge in [-0.25, -0.2) is 0 Å². The summed E-state index contributed by atoms with van der Waals surface area (Å²) in [4.78, 5) is 5.14. The highest BCUT2D eigenvalue weighted by Crippen LogP contribution is 2.37. The lowest BCUT2D eigenvalue weighted by molar-refractivity contribution is 0.0577. The van der Waals surface area contributed by atoms with E-state index in [4.69, 9.17) is 0 Å². The van der Waals surface area contributed by atoms with Crippen molar-refractivity contribution in [3.63, 3.8) is 0 Å². The third-order valence-corrected chi connectivity index (χ3v) is 6.64. The van der Waals surface area contributed by atoms with Gasteiger partial charge in [-0.05, 0) is 35.4 Å². The first-order valence-electron chi connectivity index (χ1n) is 11.1. The molecule has 1 fully saturated rings. The monoisotopic (exact) mass is 405 g/mol. The van der Waals surface area contributed by atoms with Crippen molar-refractivity contribution in [2.75, 3.05) is 13.1 Å². The minimum atomic E-state index is 0.293. The normalized spacial score (nSPS) is 20.6. The lowest BCUT2D eigenvalue weighted by atomic mass is 9.82. The van der Waals surface area contributed by atoms with E-state index in [9.17, 15) is 5.26 Å². The Labute approximate surface area is 184 Å². The van der Waals surface area contributed by atoms with Gasteiger partial charge in [0.25, 0.3) is 0 Å². The highest BCUT2D eigenvalue weighted by molar-refractivity contribution is 5.38. The number of nitriles is 1. The lowest BCUT2D eigenvalue weighted by Crippen LogP contribution is -2.56. The number of fused-ring (bicyclic) bond motifs is 1. The largest absolute Gasteiger partial charge is 0.368 e. The average Bonchev–Trinajstić information content (AvgIpc) is 3.30. The number of hydrogen-bond donors (Lipinski definition) is 0. The Kier molecular flexibility index (Phi) is 5.56. The first kappa shape index (κ1) is 19.6. The molecule has 31 heavy (non-hydrogen) atoms. The molecule has 0 unspecified atom stereocenters. The van der Waals surface area contributed by atoms with E-state index in [1.807, 2.05) is 18.2 Å². The quantitative estimate of drug-likeness (QED) is 0.587. The molecule has 0 N–H and O–H groups in total. The van der Waals surface area contributed by atoms with Crippen LogP contribution in [0.2, 0.25) is 0 Å². The van der Waals surface area contributed by atoms with Crippen LogP contribution in [-0.2, 0) is 6.54 Å². The molecule has 0 saturated carbocycles. The predicted octanol–water partition coefficient (Wildman–Crippen LogP) is 5.16. The minimum Gasteiger partial charge on any atom is -0.368 e. The van der Waals surface area contributed by atoms with E-state index in [-0.39, 0.29) is 0 Å². The van der Waals surface area contributed by atoms with E-state index in [0.29, 0.717) is 18.0 Å². The van der Waals surface area contributed by atoms with Gasteiger partial charge in [-0.3, -0.25) is 4.90 Å². The van der Waals surface area contributed by atoms with Crippen molar-refractivity contribution in [2.24, 2.45) is 0 Å². The van der Waals surface area contributed by atoms with E-state index in [1.165, 1.54) is 11.1 Å². The Hall–Kier alpha value is -3.35. The second kappa shape index (κ2) is 8.79. The zero-order chi connectivity index (χ0) is 21.0. The van der Waals surface area contributed by atoms with E-state index in [0.717, 1.165) is 37.2 Å². The molecule has 0 bridgehead atoms. The van der Waals surface area contributed by atoms with Crippen LogP contribution in [0, 0.1) is 11.3 Å². The third kappa shape index (κ3) is 4.00. The maximum Gasteiger partial charge on any atom is 0.0995 e. The smallest absolute Gasteiger partial charge is 0.0995 e. The zero-order valence-electron chi connectivity index (χ0n) is 17.6. The molecule has 3 aromatic carbocycles. The summed E-state index contributed by atoms with van der Waals surface area (Å²) in [6, 6.07) is 33.0. The van der Waals surface area contributed by atoms with Crippen molar-refractivity contribution in [3.8, 4) is 6.07 Å². The Bertz CT molecular complexity index is 1040. The van der Waals surface area contributed by atoms with Crippen molar-refractivity contribution >= 4 is 0 Å². The summed E-state index contributed by atoms with van der Waals surface area (Å²) in [5, 5.41) is 9.55. The van der Waals surface area contributed by atoms with Crippen LogP contribution in [0.1, 0.15) is 34.6 Å². The number of rotatable bonds is 5. The molecule has 3 heteroatoms. The second-order valence-corrected chi connectivity index (χ2v) is 8.55. The van der Waals surface area contributed by atoms with Crippen LogP contribution in [0.5, 0.6) is 0 Å². The van der Waals surface area contributed by atoms with Gasteiger partial charge in [0.1, 0.15) is 0 Å². The number of nitrogens with zero attached hydrogens (tertiary/aromatic N) is 3. The second-order valence-electron chi connectivity index (χ2n) is 8.55. The van der Waals surface area contributed by atoms with Gasteiger partial charge in [-0.2, -0.15) is 5.26 Å². The zero-order valence-corrected chi connectivity index (χ0v) is 17.6. The van der Waals surface area contributed by atoms with Crippen LogP contribution >= 0.6 is 0 Å². The highest BCUT2D eigenvalue weighted by atomic mass is 15.3. The number of hydrogen-bond acceptors (Lipinski definition) is 3. The molecule has 2 aliphatic rings. The lowest BCUT2D eigenvalue weighted by Gasteiger charge is -2.47. The van der Waals surface area contributed by atoms with Crippen molar-refractivity contribution in [1.82, 2.24) is 9.80 Å². The molecule has 0 radical (unpaired) electrons. The molecule has 0 aromatic heterocycles. The average molecular weight is 406 g/mol. The Balaban J connectivity index is 1.50. The third-order valence-electron chi connectivity index (χ3n) is 6.64. The standard InChI is InChI=1S/C28H27N3/c29-18-24-14-7-8-15-25(24)19-30-20-26-16-9-17-31(26)27(21-30)28(22-10-3-1-4-11-22)23-12-5-2-6-13-23/h1-15,17,26-28H,16,19-21H2/t26-,27-/m0/s1. The SMILES string of the molecule is N#Cc1ccccc1CN1C[C@@H]2CC=CN2[C@H](C(c2ccccc2)c2ccccc2)C1. The molecule has 5 rings (SSSR count). The van der Waals surface area contributed by atoms with E-state index in [2.05, 4.69) is 94.9 Å². The van der Waals surface area contributed by atoms with Crippen molar-refractivity contribution in [2.45, 2.75) is 31.0 Å². The molecule has 3 aromatic rings. The summed E-state index contributed by atoms with van der Waals surface area (Å²) in [5.41, 5.74) is 4.63. The van der Waals surface area contributed by atoms with Gasteiger partial charge in [-0.1, -0.05) is 84.9 Å². The van der Waals surface area contributed by atoms with Crippen molar-refractivity contribution in [3.05, 3.63) is 119 Å². The first-order chi connectivity index (χ1) is 15.3. The minimum absolute atomic E-state index is 0.293. The van der Waals surface area contributed by atoms with Gasteiger partial charge in [-0.15, -0.1) is 0 Å². The Morgan fingerprint density at radius 1 is 0.839 bits per heavy atom. The molecule has 3 nitrogen and oxygen atoms in total. The summed E-state index contributed by atoms with van der Waals surface area (Å²) in [6.07, 6.45) is 5.72. The molecule has 154 valence electrons. The van der Waals surface area contributed by atoms with Crippen LogP contribution in [0.3, 0.4) is 0 Å². The first-order valence-corrected chi connectivity index (χ1v) is 11.1. The molecule has 0 amide bonds. The molecule has 2 heterocycles. The molecule has 1 saturated heterocycles. The fourth-order valence-electron chi connectivity index (χ4n) is 5.24. The van der Waals surface area contributed by atoms with Gasteiger partial charge < -0.3 is 4.90 Å². The van der Waals surface area contributed by atoms with Crippen LogP contribution in [0.15, 0.2) is 97.2 Å². The summed E-state index contributed by atoms with van der Waals surface area (Å²) in [5.74, 6) is 0.293. The fraction of sp³-hybridized carbons (Fsp3) is 0.250. The highest BCUT2D eigenvalue weighted by Gasteiger charge is 2.39. The van der Waals surface area contributed by atoms with E-state index < -0.39 is 0 Å². The summed E-state index contributed by atoms with van der Waals surface area (Å²) >= 11 is 0. The van der Waals surface area contributed by atoms with E-state index >= 15 is 0 Å². The summed E-state index contributed by atoms with van der Waals surface area (Å²) in [6.45, 7) is 2.81.